The molecule has 90 valence electrons. The molecule has 2 unspecified atom stereocenters. The van der Waals surface area contributed by atoms with Crippen LogP contribution in [-0.2, 0) is 4.74 Å². The van der Waals surface area contributed by atoms with Crippen LogP contribution in [0.3, 0.4) is 0 Å². The predicted octanol–water partition coefficient (Wildman–Crippen LogP) is 1.18. The van der Waals surface area contributed by atoms with Gasteiger partial charge in [-0.2, -0.15) is 11.8 Å². The summed E-state index contributed by atoms with van der Waals surface area (Å²) in [5.74, 6) is 1.26. The molecular weight excluding hydrogens is 208 g/mol. The smallest absolute Gasteiger partial charge is 0.0477 e. The van der Waals surface area contributed by atoms with E-state index in [9.17, 15) is 0 Å². The lowest BCUT2D eigenvalue weighted by Gasteiger charge is -2.33. The molecule has 0 aromatic heterocycles. The average Bonchev–Trinajstić information content (AvgIpc) is 2.26. The van der Waals surface area contributed by atoms with Crippen LogP contribution in [0.2, 0.25) is 0 Å². The zero-order valence-electron chi connectivity index (χ0n) is 9.95. The van der Waals surface area contributed by atoms with E-state index in [0.29, 0.717) is 0 Å². The van der Waals surface area contributed by atoms with Crippen LogP contribution in [0.15, 0.2) is 0 Å². The summed E-state index contributed by atoms with van der Waals surface area (Å²) in [4.78, 5) is 2.50. The summed E-state index contributed by atoms with van der Waals surface area (Å²) in [6, 6.07) is 0.269. The number of hydrogen-bond acceptors (Lipinski definition) is 4. The quantitative estimate of drug-likeness (QED) is 0.746. The first-order valence-electron chi connectivity index (χ1n) is 5.84. The van der Waals surface area contributed by atoms with Gasteiger partial charge in [0, 0.05) is 50.4 Å². The van der Waals surface area contributed by atoms with E-state index in [1.54, 1.807) is 7.11 Å². The molecule has 0 radical (unpaired) electrons. The molecule has 1 saturated heterocycles. The van der Waals surface area contributed by atoms with Crippen molar-refractivity contribution in [3.8, 4) is 0 Å². The summed E-state index contributed by atoms with van der Waals surface area (Å²) in [6.45, 7) is 6.48. The van der Waals surface area contributed by atoms with Crippen molar-refractivity contribution >= 4 is 11.8 Å². The lowest BCUT2D eigenvalue weighted by Crippen LogP contribution is -2.44. The molecule has 1 aliphatic rings. The van der Waals surface area contributed by atoms with Gasteiger partial charge < -0.3 is 10.5 Å². The van der Waals surface area contributed by atoms with E-state index in [1.165, 1.54) is 25.3 Å². The van der Waals surface area contributed by atoms with Crippen molar-refractivity contribution in [2.24, 2.45) is 5.73 Å². The molecule has 4 heteroatoms. The zero-order valence-corrected chi connectivity index (χ0v) is 10.8. The third kappa shape index (κ3) is 5.20. The maximum absolute atomic E-state index is 6.05. The maximum Gasteiger partial charge on any atom is 0.0477 e. The lowest BCUT2D eigenvalue weighted by atomic mass is 10.2. The second-order valence-electron chi connectivity index (χ2n) is 4.20. The minimum atomic E-state index is 0.269. The van der Waals surface area contributed by atoms with E-state index in [-0.39, 0.29) is 6.04 Å². The molecule has 0 aromatic carbocycles. The van der Waals surface area contributed by atoms with Gasteiger partial charge in [0.1, 0.15) is 0 Å². The molecule has 2 atom stereocenters. The average molecular weight is 232 g/mol. The minimum absolute atomic E-state index is 0.269. The third-order valence-corrected chi connectivity index (χ3v) is 4.24. The molecule has 0 bridgehead atoms. The van der Waals surface area contributed by atoms with Crippen LogP contribution >= 0.6 is 11.8 Å². The number of nitrogens with two attached hydrogens (primary N) is 1. The van der Waals surface area contributed by atoms with E-state index in [0.717, 1.165) is 24.8 Å². The van der Waals surface area contributed by atoms with Crippen molar-refractivity contribution in [3.05, 3.63) is 0 Å². The van der Waals surface area contributed by atoms with E-state index in [2.05, 4.69) is 23.6 Å². The zero-order chi connectivity index (χ0) is 11.1. The molecule has 0 aromatic rings. The van der Waals surface area contributed by atoms with Gasteiger partial charge >= 0.3 is 0 Å². The van der Waals surface area contributed by atoms with Gasteiger partial charge in [-0.25, -0.2) is 0 Å². The Morgan fingerprint density at radius 2 is 2.40 bits per heavy atom. The summed E-state index contributed by atoms with van der Waals surface area (Å²) in [7, 11) is 1.73. The van der Waals surface area contributed by atoms with Crippen LogP contribution in [0, 0.1) is 0 Å². The van der Waals surface area contributed by atoms with E-state index in [1.807, 2.05) is 0 Å². The highest BCUT2D eigenvalue weighted by Crippen LogP contribution is 2.20. The van der Waals surface area contributed by atoms with E-state index >= 15 is 0 Å². The SMILES string of the molecule is CCC1CN(CC(N)CCOC)CCS1. The molecule has 2 N–H and O–H groups in total. The number of thioether (sulfide) groups is 1. The Balaban J connectivity index is 2.19. The molecular formula is C11H24N2OS. The molecule has 0 amide bonds. The Morgan fingerprint density at radius 3 is 3.07 bits per heavy atom. The van der Waals surface area contributed by atoms with Crippen LogP contribution in [-0.4, -0.2) is 55.3 Å². The van der Waals surface area contributed by atoms with Gasteiger partial charge in [0.05, 0.1) is 0 Å². The Hall–Kier alpha value is 0.230. The van der Waals surface area contributed by atoms with Crippen LogP contribution in [0.4, 0.5) is 0 Å². The number of hydrogen-bond donors (Lipinski definition) is 1. The second-order valence-corrected chi connectivity index (χ2v) is 5.61. The number of nitrogens with zero attached hydrogens (tertiary/aromatic N) is 1. The Morgan fingerprint density at radius 1 is 1.60 bits per heavy atom. The van der Waals surface area contributed by atoms with Gasteiger partial charge in [-0.15, -0.1) is 0 Å². The van der Waals surface area contributed by atoms with Gasteiger partial charge in [-0.3, -0.25) is 4.90 Å². The van der Waals surface area contributed by atoms with Gasteiger partial charge in [-0.1, -0.05) is 6.92 Å². The highest BCUT2D eigenvalue weighted by Gasteiger charge is 2.20. The Labute approximate surface area is 97.7 Å². The summed E-state index contributed by atoms with van der Waals surface area (Å²) in [6.07, 6.45) is 2.24. The third-order valence-electron chi connectivity index (χ3n) is 2.86. The lowest BCUT2D eigenvalue weighted by molar-refractivity contribution is 0.175. The predicted molar refractivity (Wildman–Crippen MR) is 67.4 cm³/mol. The molecule has 1 aliphatic heterocycles. The van der Waals surface area contributed by atoms with Crippen LogP contribution in [0.1, 0.15) is 19.8 Å². The normalized spacial score (nSPS) is 25.4. The highest BCUT2D eigenvalue weighted by molar-refractivity contribution is 8.00. The fraction of sp³-hybridized carbons (Fsp3) is 1.00. The first-order valence-corrected chi connectivity index (χ1v) is 6.89. The highest BCUT2D eigenvalue weighted by atomic mass is 32.2. The minimum Gasteiger partial charge on any atom is -0.385 e. The molecule has 15 heavy (non-hydrogen) atoms. The Bertz CT molecular complexity index is 169. The molecule has 0 saturated carbocycles. The van der Waals surface area contributed by atoms with Gasteiger partial charge in [-0.05, 0) is 12.8 Å². The van der Waals surface area contributed by atoms with Crippen LogP contribution < -0.4 is 5.73 Å². The summed E-state index contributed by atoms with van der Waals surface area (Å²) in [5, 5.41) is 0.813. The molecule has 1 heterocycles. The fourth-order valence-electron chi connectivity index (χ4n) is 1.89. The molecule has 3 nitrogen and oxygen atoms in total. The van der Waals surface area contributed by atoms with Crippen molar-refractivity contribution in [2.45, 2.75) is 31.1 Å². The van der Waals surface area contributed by atoms with E-state index < -0.39 is 0 Å². The number of rotatable bonds is 6. The first-order chi connectivity index (χ1) is 7.26. The van der Waals surface area contributed by atoms with E-state index in [4.69, 9.17) is 10.5 Å². The standard InChI is InChI=1S/C11H24N2OS/c1-3-11-9-13(5-7-15-11)8-10(12)4-6-14-2/h10-11H,3-9,12H2,1-2H3. The van der Waals surface area contributed by atoms with Crippen molar-refractivity contribution in [1.29, 1.82) is 0 Å². The van der Waals surface area contributed by atoms with Gasteiger partial charge in [0.2, 0.25) is 0 Å². The van der Waals surface area contributed by atoms with Crippen molar-refractivity contribution in [2.75, 3.05) is 39.1 Å². The second kappa shape index (κ2) is 7.49. The fourth-order valence-corrected chi connectivity index (χ4v) is 3.13. The molecule has 1 fully saturated rings. The summed E-state index contributed by atoms with van der Waals surface area (Å²) < 4.78 is 5.04. The van der Waals surface area contributed by atoms with Crippen LogP contribution in [0.5, 0.6) is 0 Å². The number of ether oxygens (including phenoxy) is 1. The first kappa shape index (κ1) is 13.3. The topological polar surface area (TPSA) is 38.5 Å². The summed E-state index contributed by atoms with van der Waals surface area (Å²) in [5.41, 5.74) is 6.05. The molecule has 1 rings (SSSR count). The van der Waals surface area contributed by atoms with Crippen LogP contribution in [0.25, 0.3) is 0 Å². The van der Waals surface area contributed by atoms with Crippen molar-refractivity contribution < 1.29 is 4.74 Å². The molecule has 0 spiro atoms. The maximum atomic E-state index is 6.05. The number of methoxy groups -OCH3 is 1. The van der Waals surface area contributed by atoms with Gasteiger partial charge in [0.15, 0.2) is 0 Å². The van der Waals surface area contributed by atoms with Gasteiger partial charge in [0.25, 0.3) is 0 Å². The molecule has 0 aliphatic carbocycles. The summed E-state index contributed by atoms with van der Waals surface area (Å²) >= 11 is 2.10. The largest absolute Gasteiger partial charge is 0.385 e. The van der Waals surface area contributed by atoms with Crippen molar-refractivity contribution in [3.63, 3.8) is 0 Å². The monoisotopic (exact) mass is 232 g/mol. The van der Waals surface area contributed by atoms with Crippen molar-refractivity contribution in [1.82, 2.24) is 4.90 Å². The Kier molecular flexibility index (Phi) is 6.64.